The summed E-state index contributed by atoms with van der Waals surface area (Å²) >= 11 is 2.26. The van der Waals surface area contributed by atoms with Gasteiger partial charge < -0.3 is 10.8 Å². The summed E-state index contributed by atoms with van der Waals surface area (Å²) < 4.78 is 0. The molecule has 0 aromatic rings. The molecule has 0 aliphatic heterocycles. The Kier molecular flexibility index (Phi) is 15.7. The van der Waals surface area contributed by atoms with Crippen molar-refractivity contribution in [2.75, 3.05) is 11.5 Å². The van der Waals surface area contributed by atoms with Gasteiger partial charge in [-0.05, 0) is 17.9 Å². The first kappa shape index (κ1) is 21.0. The number of thioether (sulfide) groups is 1. The van der Waals surface area contributed by atoms with Crippen LogP contribution in [-0.4, -0.2) is 60.7 Å². The molecule has 0 aromatic heterocycles. The van der Waals surface area contributed by atoms with Gasteiger partial charge in [-0.25, -0.2) is 0 Å². The third-order valence-electron chi connectivity index (χ3n) is 2.04. The molecule has 0 spiro atoms. The number of rotatable bonds is 9. The molecule has 0 saturated carbocycles. The maximum atomic E-state index is 10.2. The van der Waals surface area contributed by atoms with Crippen LogP contribution in [0.25, 0.3) is 0 Å². The van der Waals surface area contributed by atoms with E-state index in [1.165, 1.54) is 0 Å². The number of carbonyl (C=O) groups is 2. The molecule has 114 valence electrons. The van der Waals surface area contributed by atoms with Gasteiger partial charge in [0.05, 0.1) is 0 Å². The van der Waals surface area contributed by atoms with Crippen LogP contribution >= 0.6 is 11.8 Å². The van der Waals surface area contributed by atoms with E-state index in [-0.39, 0.29) is 0 Å². The molecule has 0 amide bonds. The fourth-order valence-corrected chi connectivity index (χ4v) is 2.58. The molecule has 0 radical (unpaired) electrons. The van der Waals surface area contributed by atoms with E-state index in [4.69, 9.17) is 21.7 Å². The zero-order chi connectivity index (χ0) is 15.3. The van der Waals surface area contributed by atoms with Gasteiger partial charge in [0, 0.05) is 0 Å². The summed E-state index contributed by atoms with van der Waals surface area (Å²) in [5.41, 5.74) is 10.5. The van der Waals surface area contributed by atoms with Gasteiger partial charge in [-0.15, -0.1) is 0 Å². The van der Waals surface area contributed by atoms with Crippen LogP contribution in [0.5, 0.6) is 0 Å². The Morgan fingerprint density at radius 1 is 1.16 bits per heavy atom. The zero-order valence-electron chi connectivity index (χ0n) is 11.4. The predicted octanol–water partition coefficient (Wildman–Crippen LogP) is 0.501. The standard InChI is InChI=1S/C6H13NO2S.C5H11NO2Se/c1-2-10-4-3-5(7)6(8)9;1-9-3-2-4(6)5(7)8/h5H,2-4,7H2,1H3,(H,8,9);4H,2-3,6H2,1H3,(H,7,8). The van der Waals surface area contributed by atoms with Gasteiger partial charge in [-0.1, -0.05) is 6.92 Å². The van der Waals surface area contributed by atoms with Crippen LogP contribution in [-0.2, 0) is 9.59 Å². The molecule has 8 heteroatoms. The normalized spacial score (nSPS) is 13.1. The molecule has 0 aliphatic rings. The van der Waals surface area contributed by atoms with E-state index < -0.39 is 24.0 Å². The van der Waals surface area contributed by atoms with E-state index in [2.05, 4.69) is 5.82 Å². The van der Waals surface area contributed by atoms with Crippen molar-refractivity contribution >= 4 is 38.7 Å². The van der Waals surface area contributed by atoms with Crippen molar-refractivity contribution in [1.82, 2.24) is 0 Å². The van der Waals surface area contributed by atoms with Gasteiger partial charge >= 0.3 is 66.1 Å². The summed E-state index contributed by atoms with van der Waals surface area (Å²) in [7, 11) is 0. The molecule has 2 unspecified atom stereocenters. The number of carboxylic acids is 2. The van der Waals surface area contributed by atoms with Crippen molar-refractivity contribution in [3.05, 3.63) is 0 Å². The van der Waals surface area contributed by atoms with E-state index in [0.29, 0.717) is 27.8 Å². The van der Waals surface area contributed by atoms with E-state index in [0.717, 1.165) is 16.8 Å². The Balaban J connectivity index is 0. The predicted molar refractivity (Wildman–Crippen MR) is 79.9 cm³/mol. The third-order valence-corrected chi connectivity index (χ3v) is 4.33. The van der Waals surface area contributed by atoms with Gasteiger partial charge in [0.2, 0.25) is 0 Å². The summed E-state index contributed by atoms with van der Waals surface area (Å²) in [5.74, 6) is 2.13. The first-order valence-electron chi connectivity index (χ1n) is 5.90. The van der Waals surface area contributed by atoms with Crippen LogP contribution in [0.1, 0.15) is 19.8 Å². The van der Waals surface area contributed by atoms with E-state index in [1.807, 2.05) is 6.92 Å². The molecule has 0 saturated heterocycles. The molecule has 0 heterocycles. The van der Waals surface area contributed by atoms with Crippen molar-refractivity contribution in [3.63, 3.8) is 0 Å². The van der Waals surface area contributed by atoms with Crippen molar-refractivity contribution < 1.29 is 19.8 Å². The molecule has 0 rings (SSSR count). The molecule has 0 aromatic carbocycles. The van der Waals surface area contributed by atoms with Crippen LogP contribution in [0, 0.1) is 0 Å². The van der Waals surface area contributed by atoms with E-state index in [9.17, 15) is 9.59 Å². The minimum absolute atomic E-state index is 0.549. The molecular weight excluding hydrogens is 335 g/mol. The fourth-order valence-electron chi connectivity index (χ4n) is 0.846. The SMILES string of the molecule is CCSCCC(N)C(=O)O.C[Se]CCC(N)C(=O)O. The van der Waals surface area contributed by atoms with Crippen molar-refractivity contribution in [2.24, 2.45) is 11.5 Å². The zero-order valence-corrected chi connectivity index (χ0v) is 13.9. The number of carboxylic acid groups (broad SMARTS) is 2. The average Bonchev–Trinajstić information content (AvgIpc) is 2.36. The number of aliphatic carboxylic acids is 2. The number of nitrogens with two attached hydrogens (primary N) is 2. The van der Waals surface area contributed by atoms with Gasteiger partial charge in [-0.2, -0.15) is 11.8 Å². The third kappa shape index (κ3) is 15.7. The topological polar surface area (TPSA) is 127 Å². The van der Waals surface area contributed by atoms with Crippen LogP contribution in [0.2, 0.25) is 11.1 Å². The molecule has 6 N–H and O–H groups in total. The minimum atomic E-state index is -0.906. The Morgan fingerprint density at radius 3 is 2.00 bits per heavy atom. The van der Waals surface area contributed by atoms with Gasteiger partial charge in [0.1, 0.15) is 6.04 Å². The average molecular weight is 359 g/mol. The first-order valence-corrected chi connectivity index (χ1v) is 9.98. The van der Waals surface area contributed by atoms with Crippen LogP contribution in [0.15, 0.2) is 0 Å². The van der Waals surface area contributed by atoms with Crippen molar-refractivity contribution in [3.8, 4) is 0 Å². The fraction of sp³-hybridized carbons (Fsp3) is 0.818. The number of hydrogen-bond donors (Lipinski definition) is 4. The second-order valence-corrected chi connectivity index (χ2v) is 7.12. The quantitative estimate of drug-likeness (QED) is 0.349. The van der Waals surface area contributed by atoms with Crippen molar-refractivity contribution in [2.45, 2.75) is 43.0 Å². The molecule has 0 bridgehead atoms. The van der Waals surface area contributed by atoms with Gasteiger partial charge in [-0.3, -0.25) is 4.79 Å². The van der Waals surface area contributed by atoms with Crippen LogP contribution in [0.4, 0.5) is 0 Å². The molecule has 2 atom stereocenters. The molecule has 19 heavy (non-hydrogen) atoms. The van der Waals surface area contributed by atoms with E-state index >= 15 is 0 Å². The van der Waals surface area contributed by atoms with Crippen LogP contribution < -0.4 is 11.5 Å². The summed E-state index contributed by atoms with van der Waals surface area (Å²) in [4.78, 5) is 20.2. The van der Waals surface area contributed by atoms with Gasteiger partial charge in [0.15, 0.2) is 0 Å². The monoisotopic (exact) mass is 360 g/mol. The molecule has 0 aliphatic carbocycles. The second kappa shape index (κ2) is 14.1. The Labute approximate surface area is 124 Å². The molecular formula is C11H24N2O4SSe. The Hall–Kier alpha value is -0.271. The summed E-state index contributed by atoms with van der Waals surface area (Å²) in [6.07, 6.45) is 1.18. The Bertz CT molecular complexity index is 257. The molecule has 6 nitrogen and oxygen atoms in total. The summed E-state index contributed by atoms with van der Waals surface area (Å²) in [5, 5.41) is 17.6. The van der Waals surface area contributed by atoms with Gasteiger partial charge in [0.25, 0.3) is 0 Å². The van der Waals surface area contributed by atoms with E-state index in [1.54, 1.807) is 11.8 Å². The summed E-state index contributed by atoms with van der Waals surface area (Å²) in [6.45, 7) is 2.04. The second-order valence-electron chi connectivity index (χ2n) is 3.66. The molecule has 0 fully saturated rings. The number of hydrogen-bond acceptors (Lipinski definition) is 5. The Morgan fingerprint density at radius 2 is 1.63 bits per heavy atom. The van der Waals surface area contributed by atoms with Crippen molar-refractivity contribution in [1.29, 1.82) is 0 Å². The maximum absolute atomic E-state index is 10.2. The van der Waals surface area contributed by atoms with Crippen LogP contribution in [0.3, 0.4) is 0 Å². The summed E-state index contributed by atoms with van der Waals surface area (Å²) in [6, 6.07) is -1.33. The first-order chi connectivity index (χ1) is 8.86.